The first-order chi connectivity index (χ1) is 5.29. The van der Waals surface area contributed by atoms with Crippen LogP contribution in [0.2, 0.25) is 0 Å². The van der Waals surface area contributed by atoms with Crippen LogP contribution in [-0.4, -0.2) is 0 Å². The number of fused-ring (bicyclic) bond motifs is 1. The van der Waals surface area contributed by atoms with Crippen LogP contribution < -0.4 is 5.73 Å². The van der Waals surface area contributed by atoms with Crippen molar-refractivity contribution in [3.05, 3.63) is 34.9 Å². The summed E-state index contributed by atoms with van der Waals surface area (Å²) in [6.45, 7) is 2.16. The van der Waals surface area contributed by atoms with Crippen molar-refractivity contribution in [3.8, 4) is 0 Å². The fraction of sp³-hybridized carbons (Fsp3) is 0.400. The molecule has 0 radical (unpaired) electrons. The summed E-state index contributed by atoms with van der Waals surface area (Å²) >= 11 is 0. The number of hydrogen-bond acceptors (Lipinski definition) is 1. The van der Waals surface area contributed by atoms with Crippen molar-refractivity contribution < 1.29 is 0 Å². The SMILES string of the molecule is Cc1cccc2c1CC[C@H]2N. The van der Waals surface area contributed by atoms with E-state index in [0.29, 0.717) is 6.04 Å². The molecule has 0 saturated carbocycles. The molecule has 0 fully saturated rings. The van der Waals surface area contributed by atoms with Gasteiger partial charge in [-0.15, -0.1) is 0 Å². The van der Waals surface area contributed by atoms with E-state index >= 15 is 0 Å². The van der Waals surface area contributed by atoms with Crippen LogP contribution in [0.1, 0.15) is 29.2 Å². The fourth-order valence-corrected chi connectivity index (χ4v) is 1.87. The average Bonchev–Trinajstić information content (AvgIpc) is 2.35. The van der Waals surface area contributed by atoms with E-state index in [9.17, 15) is 0 Å². The van der Waals surface area contributed by atoms with E-state index in [2.05, 4.69) is 25.1 Å². The van der Waals surface area contributed by atoms with Crippen molar-refractivity contribution in [2.75, 3.05) is 0 Å². The molecule has 2 rings (SSSR count). The van der Waals surface area contributed by atoms with E-state index in [1.165, 1.54) is 23.1 Å². The molecule has 11 heavy (non-hydrogen) atoms. The van der Waals surface area contributed by atoms with Crippen molar-refractivity contribution in [2.24, 2.45) is 5.73 Å². The van der Waals surface area contributed by atoms with Gasteiger partial charge in [0.2, 0.25) is 0 Å². The van der Waals surface area contributed by atoms with Gasteiger partial charge in [-0.3, -0.25) is 0 Å². The zero-order chi connectivity index (χ0) is 7.84. The number of aryl methyl sites for hydroxylation is 1. The highest BCUT2D eigenvalue weighted by molar-refractivity contribution is 5.39. The lowest BCUT2D eigenvalue weighted by atomic mass is 10.0. The Kier molecular flexibility index (Phi) is 1.46. The summed E-state index contributed by atoms with van der Waals surface area (Å²) in [5.41, 5.74) is 10.2. The Labute approximate surface area is 67.2 Å². The van der Waals surface area contributed by atoms with Crippen LogP contribution in [0.25, 0.3) is 0 Å². The highest BCUT2D eigenvalue weighted by atomic mass is 14.6. The molecule has 0 spiro atoms. The van der Waals surface area contributed by atoms with E-state index in [1.807, 2.05) is 0 Å². The largest absolute Gasteiger partial charge is 0.324 e. The van der Waals surface area contributed by atoms with E-state index in [4.69, 9.17) is 5.73 Å². The zero-order valence-corrected chi connectivity index (χ0v) is 6.80. The molecule has 1 atom stereocenters. The molecule has 1 aliphatic rings. The van der Waals surface area contributed by atoms with Gasteiger partial charge in [-0.2, -0.15) is 0 Å². The molecule has 0 unspecified atom stereocenters. The van der Waals surface area contributed by atoms with Gasteiger partial charge in [0.25, 0.3) is 0 Å². The third-order valence-corrected chi connectivity index (χ3v) is 2.55. The summed E-state index contributed by atoms with van der Waals surface area (Å²) in [6, 6.07) is 6.71. The summed E-state index contributed by atoms with van der Waals surface area (Å²) in [5.74, 6) is 0. The van der Waals surface area contributed by atoms with Crippen molar-refractivity contribution in [3.63, 3.8) is 0 Å². The lowest BCUT2D eigenvalue weighted by Gasteiger charge is -2.05. The molecule has 1 aliphatic carbocycles. The molecular weight excluding hydrogens is 134 g/mol. The second-order valence-electron chi connectivity index (χ2n) is 3.29. The van der Waals surface area contributed by atoms with Crippen LogP contribution >= 0.6 is 0 Å². The normalized spacial score (nSPS) is 21.8. The second-order valence-corrected chi connectivity index (χ2v) is 3.29. The van der Waals surface area contributed by atoms with E-state index in [0.717, 1.165) is 6.42 Å². The third-order valence-electron chi connectivity index (χ3n) is 2.55. The lowest BCUT2D eigenvalue weighted by molar-refractivity contribution is 0.713. The highest BCUT2D eigenvalue weighted by Gasteiger charge is 2.19. The summed E-state index contributed by atoms with van der Waals surface area (Å²) in [4.78, 5) is 0. The van der Waals surface area contributed by atoms with Crippen molar-refractivity contribution in [1.82, 2.24) is 0 Å². The van der Waals surface area contributed by atoms with Gasteiger partial charge >= 0.3 is 0 Å². The maximum Gasteiger partial charge on any atom is 0.0300 e. The Balaban J connectivity index is 2.57. The quantitative estimate of drug-likeness (QED) is 0.596. The topological polar surface area (TPSA) is 26.0 Å². The summed E-state index contributed by atoms with van der Waals surface area (Å²) in [7, 11) is 0. The van der Waals surface area contributed by atoms with Gasteiger partial charge in [-0.25, -0.2) is 0 Å². The fourth-order valence-electron chi connectivity index (χ4n) is 1.87. The zero-order valence-electron chi connectivity index (χ0n) is 6.80. The molecule has 1 nitrogen and oxygen atoms in total. The molecule has 0 saturated heterocycles. The minimum atomic E-state index is 0.296. The first-order valence-corrected chi connectivity index (χ1v) is 4.13. The number of rotatable bonds is 0. The van der Waals surface area contributed by atoms with Crippen LogP contribution in [0.4, 0.5) is 0 Å². The van der Waals surface area contributed by atoms with Crippen LogP contribution in [0.5, 0.6) is 0 Å². The molecule has 58 valence electrons. The van der Waals surface area contributed by atoms with E-state index < -0.39 is 0 Å². The van der Waals surface area contributed by atoms with Gasteiger partial charge in [0, 0.05) is 6.04 Å². The van der Waals surface area contributed by atoms with Gasteiger partial charge in [-0.1, -0.05) is 18.2 Å². The molecule has 0 aliphatic heterocycles. The van der Waals surface area contributed by atoms with Crippen LogP contribution in [-0.2, 0) is 6.42 Å². The minimum absolute atomic E-state index is 0.296. The predicted octanol–water partition coefficient (Wildman–Crippen LogP) is 1.94. The first kappa shape index (κ1) is 6.86. The van der Waals surface area contributed by atoms with Gasteiger partial charge in [0.05, 0.1) is 0 Å². The summed E-state index contributed by atoms with van der Waals surface area (Å²) in [5, 5.41) is 0. The maximum absolute atomic E-state index is 5.92. The maximum atomic E-state index is 5.92. The monoisotopic (exact) mass is 147 g/mol. The first-order valence-electron chi connectivity index (χ1n) is 4.13. The molecule has 0 aromatic heterocycles. The van der Waals surface area contributed by atoms with E-state index in [-0.39, 0.29) is 0 Å². The van der Waals surface area contributed by atoms with Crippen molar-refractivity contribution >= 4 is 0 Å². The Morgan fingerprint density at radius 2 is 2.27 bits per heavy atom. The number of nitrogens with two attached hydrogens (primary N) is 1. The average molecular weight is 147 g/mol. The van der Waals surface area contributed by atoms with Crippen LogP contribution in [0.15, 0.2) is 18.2 Å². The smallest absolute Gasteiger partial charge is 0.0300 e. The van der Waals surface area contributed by atoms with Crippen molar-refractivity contribution in [1.29, 1.82) is 0 Å². The molecular formula is C10H13N. The third kappa shape index (κ3) is 0.962. The standard InChI is InChI=1S/C10H13N/c1-7-3-2-4-9-8(7)5-6-10(9)11/h2-4,10H,5-6,11H2,1H3/t10-/m1/s1. The van der Waals surface area contributed by atoms with Gasteiger partial charge < -0.3 is 5.73 Å². The van der Waals surface area contributed by atoms with Gasteiger partial charge in [-0.05, 0) is 36.5 Å². The minimum Gasteiger partial charge on any atom is -0.324 e. The van der Waals surface area contributed by atoms with Crippen molar-refractivity contribution in [2.45, 2.75) is 25.8 Å². The molecule has 2 N–H and O–H groups in total. The summed E-state index contributed by atoms with van der Waals surface area (Å²) in [6.07, 6.45) is 2.30. The Bertz CT molecular complexity index is 278. The molecule has 1 aromatic carbocycles. The highest BCUT2D eigenvalue weighted by Crippen LogP contribution is 2.30. The molecule has 0 bridgehead atoms. The number of hydrogen-bond donors (Lipinski definition) is 1. The molecule has 0 amide bonds. The van der Waals surface area contributed by atoms with Crippen LogP contribution in [0, 0.1) is 6.92 Å². The second kappa shape index (κ2) is 2.35. The molecule has 1 aromatic rings. The Hall–Kier alpha value is -0.820. The van der Waals surface area contributed by atoms with Crippen LogP contribution in [0.3, 0.4) is 0 Å². The Morgan fingerprint density at radius 3 is 3.00 bits per heavy atom. The summed E-state index contributed by atoms with van der Waals surface area (Å²) < 4.78 is 0. The Morgan fingerprint density at radius 1 is 1.45 bits per heavy atom. The molecule has 0 heterocycles. The lowest BCUT2D eigenvalue weighted by Crippen LogP contribution is -2.04. The van der Waals surface area contributed by atoms with Gasteiger partial charge in [0.15, 0.2) is 0 Å². The number of benzene rings is 1. The van der Waals surface area contributed by atoms with E-state index in [1.54, 1.807) is 0 Å². The van der Waals surface area contributed by atoms with Gasteiger partial charge in [0.1, 0.15) is 0 Å². The molecule has 1 heteroatoms. The predicted molar refractivity (Wildman–Crippen MR) is 46.4 cm³/mol.